The van der Waals surface area contributed by atoms with E-state index in [0.717, 1.165) is 116 Å². The van der Waals surface area contributed by atoms with E-state index in [1.807, 2.05) is 0 Å². The summed E-state index contributed by atoms with van der Waals surface area (Å²) in [7, 11) is 0. The van der Waals surface area contributed by atoms with Gasteiger partial charge in [-0.15, -0.1) is 0 Å². The van der Waals surface area contributed by atoms with E-state index in [2.05, 4.69) is 130 Å². The van der Waals surface area contributed by atoms with E-state index in [1.54, 1.807) is 0 Å². The molecule has 0 spiro atoms. The summed E-state index contributed by atoms with van der Waals surface area (Å²) in [4.78, 5) is 37.9. The molecule has 0 radical (unpaired) electrons. The molecular weight excluding hydrogens is 805 g/mol. The van der Waals surface area contributed by atoms with E-state index in [4.69, 9.17) is 14.2 Å². The van der Waals surface area contributed by atoms with Gasteiger partial charge in [-0.3, -0.25) is 14.4 Å². The third kappa shape index (κ3) is 50.9. The van der Waals surface area contributed by atoms with Crippen molar-refractivity contribution in [2.45, 2.75) is 232 Å². The number of hydrogen-bond donors (Lipinski definition) is 0. The molecule has 0 aliphatic rings. The second kappa shape index (κ2) is 52.7. The molecule has 0 rings (SSSR count). The molecule has 0 aromatic rings. The summed E-state index contributed by atoms with van der Waals surface area (Å²) < 4.78 is 16.7. The molecule has 368 valence electrons. The Kier molecular flexibility index (Phi) is 49.5. The summed E-state index contributed by atoms with van der Waals surface area (Å²) in [6.07, 6.45) is 70.9. The Hall–Kier alpha value is -3.93. The molecule has 0 aromatic heterocycles. The van der Waals surface area contributed by atoms with Gasteiger partial charge in [0.1, 0.15) is 13.2 Å². The molecule has 1 unspecified atom stereocenters. The number of hydrogen-bond acceptors (Lipinski definition) is 6. The summed E-state index contributed by atoms with van der Waals surface area (Å²) in [5, 5.41) is 0. The average molecular weight is 901 g/mol. The van der Waals surface area contributed by atoms with Crippen molar-refractivity contribution in [1.82, 2.24) is 0 Å². The number of rotatable bonds is 46. The highest BCUT2D eigenvalue weighted by Gasteiger charge is 2.19. The first kappa shape index (κ1) is 61.1. The Morgan fingerprint density at radius 2 is 0.615 bits per heavy atom. The van der Waals surface area contributed by atoms with Crippen molar-refractivity contribution in [2.24, 2.45) is 0 Å². The molecule has 0 fully saturated rings. The Morgan fingerprint density at radius 1 is 0.323 bits per heavy atom. The standard InChI is InChI=1S/C59H96O6/c1-4-7-10-13-16-19-21-23-25-27-29-31-33-35-37-40-43-46-49-52-58(61)64-55-56(54-63-57(60)51-48-45-42-39-18-15-12-9-6-3)65-59(62)53-50-47-44-41-38-36-34-32-30-28-26-24-22-20-17-14-11-8-5-2/h7-8,10-11,16-17,19-20,23-26,29,31,35,37,39,42,56H,4-6,9,12-15,18,21-22,27-28,30,32-34,36,38,40-41,43-55H2,1-3H3/b10-7-,11-8-,19-16-,20-17-,25-23-,26-24-,31-29-,37-35-,42-39-. The van der Waals surface area contributed by atoms with Crippen LogP contribution in [0.25, 0.3) is 0 Å². The van der Waals surface area contributed by atoms with Crippen molar-refractivity contribution in [3.05, 3.63) is 109 Å². The van der Waals surface area contributed by atoms with Gasteiger partial charge in [-0.2, -0.15) is 0 Å². The number of ether oxygens (including phenoxy) is 3. The summed E-state index contributed by atoms with van der Waals surface area (Å²) >= 11 is 0. The van der Waals surface area contributed by atoms with E-state index < -0.39 is 6.10 Å². The van der Waals surface area contributed by atoms with Gasteiger partial charge in [0.15, 0.2) is 6.10 Å². The Labute approximate surface area is 400 Å². The predicted octanol–water partition coefficient (Wildman–Crippen LogP) is 17.5. The summed E-state index contributed by atoms with van der Waals surface area (Å²) in [5.74, 6) is -0.983. The fourth-order valence-electron chi connectivity index (χ4n) is 6.84. The van der Waals surface area contributed by atoms with Crippen molar-refractivity contribution in [3.63, 3.8) is 0 Å². The lowest BCUT2D eigenvalue weighted by atomic mass is 10.1. The van der Waals surface area contributed by atoms with Crippen LogP contribution in [0.5, 0.6) is 0 Å². The molecule has 0 heterocycles. The number of esters is 3. The number of carbonyl (C=O) groups is 3. The van der Waals surface area contributed by atoms with Crippen molar-refractivity contribution in [1.29, 1.82) is 0 Å². The van der Waals surface area contributed by atoms with E-state index >= 15 is 0 Å². The molecule has 0 N–H and O–H groups in total. The van der Waals surface area contributed by atoms with E-state index in [0.29, 0.717) is 25.7 Å². The smallest absolute Gasteiger partial charge is 0.306 e. The summed E-state index contributed by atoms with van der Waals surface area (Å²) in [6, 6.07) is 0. The normalized spacial score (nSPS) is 13.0. The third-order valence-electron chi connectivity index (χ3n) is 10.7. The van der Waals surface area contributed by atoms with Gasteiger partial charge in [-0.1, -0.05) is 201 Å². The van der Waals surface area contributed by atoms with Gasteiger partial charge < -0.3 is 14.2 Å². The highest BCUT2D eigenvalue weighted by atomic mass is 16.6. The SMILES string of the molecule is CC/C=C\C/C=C\C/C=C\C/C=C\C/C=C\CCCCCC(=O)OCC(COC(=O)CCC/C=C\CCCCCC)OC(=O)CCCCCCCCCCC/C=C\C/C=C\C/C=C\CC. The number of unbranched alkanes of at least 4 members (excludes halogenated alkanes) is 17. The number of allylic oxidation sites excluding steroid dienone is 18. The molecule has 6 nitrogen and oxygen atoms in total. The van der Waals surface area contributed by atoms with Crippen LogP contribution in [0.1, 0.15) is 226 Å². The first-order valence-corrected chi connectivity index (χ1v) is 26.4. The first-order valence-electron chi connectivity index (χ1n) is 26.4. The van der Waals surface area contributed by atoms with Gasteiger partial charge in [-0.05, 0) is 116 Å². The van der Waals surface area contributed by atoms with Crippen LogP contribution in [0, 0.1) is 0 Å². The van der Waals surface area contributed by atoms with Crippen LogP contribution in [0.4, 0.5) is 0 Å². The van der Waals surface area contributed by atoms with Crippen LogP contribution >= 0.6 is 0 Å². The Balaban J connectivity index is 4.41. The zero-order chi connectivity index (χ0) is 47.2. The second-order valence-corrected chi connectivity index (χ2v) is 17.0. The third-order valence-corrected chi connectivity index (χ3v) is 10.7. The van der Waals surface area contributed by atoms with Crippen molar-refractivity contribution in [3.8, 4) is 0 Å². The summed E-state index contributed by atoms with van der Waals surface area (Å²) in [6.45, 7) is 6.31. The monoisotopic (exact) mass is 901 g/mol. The van der Waals surface area contributed by atoms with E-state index in [1.165, 1.54) is 64.2 Å². The minimum absolute atomic E-state index is 0.108. The first-order chi connectivity index (χ1) is 32.0. The molecule has 0 aliphatic carbocycles. The Morgan fingerprint density at radius 3 is 1.03 bits per heavy atom. The maximum absolute atomic E-state index is 12.8. The molecule has 1 atom stereocenters. The minimum atomic E-state index is -0.806. The average Bonchev–Trinajstić information content (AvgIpc) is 3.30. The van der Waals surface area contributed by atoms with Gasteiger partial charge in [0.05, 0.1) is 0 Å². The fraction of sp³-hybridized carbons (Fsp3) is 0.644. The van der Waals surface area contributed by atoms with Gasteiger partial charge in [0.2, 0.25) is 0 Å². The van der Waals surface area contributed by atoms with E-state index in [-0.39, 0.29) is 31.1 Å². The topological polar surface area (TPSA) is 78.9 Å². The van der Waals surface area contributed by atoms with Crippen LogP contribution in [0.3, 0.4) is 0 Å². The van der Waals surface area contributed by atoms with Crippen molar-refractivity contribution < 1.29 is 28.6 Å². The molecule has 0 amide bonds. The van der Waals surface area contributed by atoms with Crippen molar-refractivity contribution >= 4 is 17.9 Å². The highest BCUT2D eigenvalue weighted by molar-refractivity contribution is 5.71. The van der Waals surface area contributed by atoms with Gasteiger partial charge in [-0.25, -0.2) is 0 Å². The minimum Gasteiger partial charge on any atom is -0.462 e. The molecule has 6 heteroatoms. The van der Waals surface area contributed by atoms with Crippen LogP contribution in [0.15, 0.2) is 109 Å². The summed E-state index contributed by atoms with van der Waals surface area (Å²) in [5.41, 5.74) is 0. The van der Waals surface area contributed by atoms with Crippen LogP contribution < -0.4 is 0 Å². The van der Waals surface area contributed by atoms with E-state index in [9.17, 15) is 14.4 Å². The lowest BCUT2D eigenvalue weighted by Crippen LogP contribution is -2.30. The van der Waals surface area contributed by atoms with Gasteiger partial charge >= 0.3 is 17.9 Å². The zero-order valence-electron chi connectivity index (χ0n) is 42.0. The van der Waals surface area contributed by atoms with Crippen LogP contribution in [-0.4, -0.2) is 37.2 Å². The molecule has 0 bridgehead atoms. The quantitative estimate of drug-likeness (QED) is 0.0262. The molecule has 0 aliphatic heterocycles. The lowest BCUT2D eigenvalue weighted by Gasteiger charge is -2.18. The molecule has 0 aromatic carbocycles. The number of carbonyl (C=O) groups excluding carboxylic acids is 3. The Bertz CT molecular complexity index is 1360. The molecular formula is C59H96O6. The van der Waals surface area contributed by atoms with Crippen LogP contribution in [-0.2, 0) is 28.6 Å². The maximum atomic E-state index is 12.8. The molecule has 65 heavy (non-hydrogen) atoms. The zero-order valence-corrected chi connectivity index (χ0v) is 42.0. The second-order valence-electron chi connectivity index (χ2n) is 17.0. The molecule has 0 saturated heterocycles. The fourth-order valence-corrected chi connectivity index (χ4v) is 6.84. The van der Waals surface area contributed by atoms with Crippen molar-refractivity contribution in [2.75, 3.05) is 13.2 Å². The lowest BCUT2D eigenvalue weighted by molar-refractivity contribution is -0.167. The van der Waals surface area contributed by atoms with Crippen LogP contribution in [0.2, 0.25) is 0 Å². The predicted molar refractivity (Wildman–Crippen MR) is 279 cm³/mol. The van der Waals surface area contributed by atoms with Gasteiger partial charge in [0.25, 0.3) is 0 Å². The van der Waals surface area contributed by atoms with Gasteiger partial charge in [0, 0.05) is 19.3 Å². The highest BCUT2D eigenvalue weighted by Crippen LogP contribution is 2.14. The largest absolute Gasteiger partial charge is 0.462 e. The maximum Gasteiger partial charge on any atom is 0.306 e. The molecule has 0 saturated carbocycles.